The topological polar surface area (TPSA) is 51.8 Å². The van der Waals surface area contributed by atoms with Gasteiger partial charge in [0.1, 0.15) is 11.2 Å². The maximum Gasteiger partial charge on any atom is 0.164 e. The highest BCUT2D eigenvalue weighted by Gasteiger charge is 2.16. The number of rotatable bonds is 7. The summed E-state index contributed by atoms with van der Waals surface area (Å²) in [5.41, 5.74) is 13.8. The summed E-state index contributed by atoms with van der Waals surface area (Å²) in [6.07, 6.45) is 0. The van der Waals surface area contributed by atoms with Gasteiger partial charge in [-0.25, -0.2) is 15.0 Å². The van der Waals surface area contributed by atoms with Crippen LogP contribution in [0.3, 0.4) is 0 Å². The number of fused-ring (bicyclic) bond motifs is 3. The van der Waals surface area contributed by atoms with Gasteiger partial charge in [-0.1, -0.05) is 182 Å². The molecule has 10 aromatic rings. The van der Waals surface area contributed by atoms with Crippen LogP contribution in [-0.4, -0.2) is 15.0 Å². The van der Waals surface area contributed by atoms with Gasteiger partial charge in [0.25, 0.3) is 0 Å². The first-order valence-electron chi connectivity index (χ1n) is 18.4. The third-order valence-electron chi connectivity index (χ3n) is 10.2. The summed E-state index contributed by atoms with van der Waals surface area (Å²) >= 11 is 0. The van der Waals surface area contributed by atoms with Crippen LogP contribution in [0.25, 0.3) is 101 Å². The Morgan fingerprint density at radius 1 is 0.255 bits per heavy atom. The summed E-state index contributed by atoms with van der Waals surface area (Å²) in [5.74, 6) is 1.92. The van der Waals surface area contributed by atoms with Crippen LogP contribution in [0.2, 0.25) is 0 Å². The number of nitrogens with zero attached hydrogens (tertiary/aromatic N) is 3. The maximum absolute atomic E-state index is 6.04. The first-order chi connectivity index (χ1) is 27.2. The Hall–Kier alpha value is -7.43. The molecule has 8 aromatic carbocycles. The van der Waals surface area contributed by atoms with Crippen LogP contribution in [0.1, 0.15) is 0 Å². The van der Waals surface area contributed by atoms with Crippen molar-refractivity contribution in [3.05, 3.63) is 200 Å². The van der Waals surface area contributed by atoms with Crippen molar-refractivity contribution in [2.24, 2.45) is 0 Å². The minimum absolute atomic E-state index is 0.634. The van der Waals surface area contributed by atoms with Crippen molar-refractivity contribution >= 4 is 21.9 Å². The van der Waals surface area contributed by atoms with Crippen molar-refractivity contribution in [3.63, 3.8) is 0 Å². The highest BCUT2D eigenvalue weighted by molar-refractivity contribution is 6.06. The van der Waals surface area contributed by atoms with Gasteiger partial charge >= 0.3 is 0 Å². The van der Waals surface area contributed by atoms with Gasteiger partial charge in [0, 0.05) is 27.5 Å². The molecule has 0 aliphatic carbocycles. The third-order valence-corrected chi connectivity index (χ3v) is 10.2. The second kappa shape index (κ2) is 13.8. The number of para-hydroxylation sites is 1. The molecule has 0 saturated carbocycles. The van der Waals surface area contributed by atoms with E-state index in [-0.39, 0.29) is 0 Å². The molecule has 0 aliphatic rings. The van der Waals surface area contributed by atoms with E-state index in [9.17, 15) is 0 Å². The Kier molecular flexibility index (Phi) is 8.12. The van der Waals surface area contributed by atoms with Crippen LogP contribution in [0.15, 0.2) is 205 Å². The lowest BCUT2D eigenvalue weighted by Crippen LogP contribution is -2.01. The molecule has 0 N–H and O–H groups in total. The molecule has 0 bridgehead atoms. The SMILES string of the molecule is c1ccc(-c2nc(-c3ccc(-c4ccc(-c5ccc(-c6ccc7oc8ccccc8c7c6)cc5)cc4)cc3)nc(-c3ccccc3-c3ccccc3)n2)cc1. The highest BCUT2D eigenvalue weighted by atomic mass is 16.3. The quantitative estimate of drug-likeness (QED) is 0.166. The van der Waals surface area contributed by atoms with Crippen molar-refractivity contribution in [1.82, 2.24) is 15.0 Å². The first kappa shape index (κ1) is 32.2. The number of hydrogen-bond donors (Lipinski definition) is 0. The maximum atomic E-state index is 6.04. The van der Waals surface area contributed by atoms with Gasteiger partial charge in [-0.15, -0.1) is 0 Å². The second-order valence-corrected chi connectivity index (χ2v) is 13.6. The Morgan fingerprint density at radius 2 is 0.655 bits per heavy atom. The molecule has 55 heavy (non-hydrogen) atoms. The fourth-order valence-electron chi connectivity index (χ4n) is 7.32. The van der Waals surface area contributed by atoms with Crippen molar-refractivity contribution in [2.45, 2.75) is 0 Å². The van der Waals surface area contributed by atoms with Crippen LogP contribution in [0.5, 0.6) is 0 Å². The zero-order chi connectivity index (χ0) is 36.6. The van der Waals surface area contributed by atoms with Crippen molar-refractivity contribution < 1.29 is 4.42 Å². The molecule has 0 fully saturated rings. The van der Waals surface area contributed by atoms with Crippen LogP contribution < -0.4 is 0 Å². The van der Waals surface area contributed by atoms with E-state index in [1.807, 2.05) is 54.6 Å². The molecule has 0 spiro atoms. The molecule has 0 aliphatic heterocycles. The molecule has 10 rings (SSSR count). The monoisotopic (exact) mass is 703 g/mol. The molecule has 258 valence electrons. The predicted molar refractivity (Wildman–Crippen MR) is 225 cm³/mol. The second-order valence-electron chi connectivity index (χ2n) is 13.6. The summed E-state index contributed by atoms with van der Waals surface area (Å²) in [6, 6.07) is 69.4. The molecule has 0 unspecified atom stereocenters. The minimum atomic E-state index is 0.634. The molecule has 2 aromatic heterocycles. The molecular weight excluding hydrogens is 671 g/mol. The lowest BCUT2D eigenvalue weighted by Gasteiger charge is -2.12. The van der Waals surface area contributed by atoms with Gasteiger partial charge < -0.3 is 4.42 Å². The predicted octanol–water partition coefficient (Wildman–Crippen LogP) is 13.4. The van der Waals surface area contributed by atoms with Gasteiger partial charge in [-0.05, 0) is 62.7 Å². The van der Waals surface area contributed by atoms with E-state index in [1.54, 1.807) is 0 Å². The fraction of sp³-hybridized carbons (Fsp3) is 0. The summed E-state index contributed by atoms with van der Waals surface area (Å²) in [7, 11) is 0. The zero-order valence-corrected chi connectivity index (χ0v) is 29.8. The third kappa shape index (κ3) is 6.26. The van der Waals surface area contributed by atoms with Gasteiger partial charge in [0.2, 0.25) is 0 Å². The van der Waals surface area contributed by atoms with E-state index < -0.39 is 0 Å². The molecule has 4 heteroatoms. The highest BCUT2D eigenvalue weighted by Crippen LogP contribution is 2.35. The molecule has 0 saturated heterocycles. The zero-order valence-electron chi connectivity index (χ0n) is 29.8. The Bertz CT molecular complexity index is 2930. The molecule has 0 atom stereocenters. The summed E-state index contributed by atoms with van der Waals surface area (Å²) < 4.78 is 6.04. The minimum Gasteiger partial charge on any atom is -0.456 e. The number of furan rings is 1. The summed E-state index contributed by atoms with van der Waals surface area (Å²) in [6.45, 7) is 0. The van der Waals surface area contributed by atoms with Crippen molar-refractivity contribution in [2.75, 3.05) is 0 Å². The lowest BCUT2D eigenvalue weighted by atomic mass is 9.97. The van der Waals surface area contributed by atoms with E-state index in [0.717, 1.165) is 60.9 Å². The van der Waals surface area contributed by atoms with E-state index >= 15 is 0 Å². The Labute approximate surface area is 319 Å². The smallest absolute Gasteiger partial charge is 0.164 e. The molecule has 0 radical (unpaired) electrons. The Morgan fingerprint density at radius 3 is 1.25 bits per heavy atom. The molecule has 4 nitrogen and oxygen atoms in total. The van der Waals surface area contributed by atoms with Crippen LogP contribution in [0, 0.1) is 0 Å². The molecule has 0 amide bonds. The van der Waals surface area contributed by atoms with E-state index in [1.165, 1.54) is 22.3 Å². The van der Waals surface area contributed by atoms with Gasteiger partial charge in [0.05, 0.1) is 0 Å². The Balaban J connectivity index is 0.924. The number of hydrogen-bond acceptors (Lipinski definition) is 4. The normalized spacial score (nSPS) is 11.3. The van der Waals surface area contributed by atoms with E-state index in [4.69, 9.17) is 19.4 Å². The van der Waals surface area contributed by atoms with E-state index in [2.05, 4.69) is 146 Å². The van der Waals surface area contributed by atoms with Crippen molar-refractivity contribution in [1.29, 1.82) is 0 Å². The number of benzene rings is 8. The standard InChI is InChI=1S/C51H33N3O/c1-3-11-39(12-4-1)43-15-7-8-17-45(43)51-53-49(40-13-5-2-6-14-40)52-50(54-51)41-29-27-37(28-30-41)35-21-19-34(20-22-35)36-23-25-38(26-24-36)42-31-32-48-46(33-42)44-16-9-10-18-47(44)55-48/h1-33H. The van der Waals surface area contributed by atoms with Crippen LogP contribution >= 0.6 is 0 Å². The molecular formula is C51H33N3O. The first-order valence-corrected chi connectivity index (χ1v) is 18.4. The van der Waals surface area contributed by atoms with Gasteiger partial charge in [-0.3, -0.25) is 0 Å². The van der Waals surface area contributed by atoms with Crippen LogP contribution in [-0.2, 0) is 0 Å². The largest absolute Gasteiger partial charge is 0.456 e. The van der Waals surface area contributed by atoms with Gasteiger partial charge in [0.15, 0.2) is 17.5 Å². The van der Waals surface area contributed by atoms with Gasteiger partial charge in [-0.2, -0.15) is 0 Å². The lowest BCUT2D eigenvalue weighted by molar-refractivity contribution is 0.669. The average molecular weight is 704 g/mol. The summed E-state index contributed by atoms with van der Waals surface area (Å²) in [5, 5.41) is 2.28. The van der Waals surface area contributed by atoms with Crippen LogP contribution in [0.4, 0.5) is 0 Å². The summed E-state index contributed by atoms with van der Waals surface area (Å²) in [4.78, 5) is 15.0. The fourth-order valence-corrected chi connectivity index (χ4v) is 7.32. The van der Waals surface area contributed by atoms with E-state index in [0.29, 0.717) is 17.5 Å². The molecule has 2 heterocycles. The average Bonchev–Trinajstić information content (AvgIpc) is 3.65. The number of aromatic nitrogens is 3. The van der Waals surface area contributed by atoms with Crippen molar-refractivity contribution in [3.8, 4) is 78.7 Å².